The molecular formula is C14H20N2O3. The molecule has 0 saturated carbocycles. The Morgan fingerprint density at radius 1 is 1.42 bits per heavy atom. The molecule has 0 spiro atoms. The van der Waals surface area contributed by atoms with Crippen molar-refractivity contribution >= 4 is 17.6 Å². The van der Waals surface area contributed by atoms with E-state index in [9.17, 15) is 9.59 Å². The summed E-state index contributed by atoms with van der Waals surface area (Å²) in [6, 6.07) is 3.43. The van der Waals surface area contributed by atoms with Gasteiger partial charge < -0.3 is 10.1 Å². The summed E-state index contributed by atoms with van der Waals surface area (Å²) in [5, 5.41) is 2.69. The van der Waals surface area contributed by atoms with E-state index in [1.165, 1.54) is 6.20 Å². The molecule has 19 heavy (non-hydrogen) atoms. The van der Waals surface area contributed by atoms with E-state index in [0.29, 0.717) is 5.69 Å². The van der Waals surface area contributed by atoms with Crippen LogP contribution in [0.15, 0.2) is 24.5 Å². The zero-order chi connectivity index (χ0) is 14.5. The molecule has 1 unspecified atom stereocenters. The van der Waals surface area contributed by atoms with Gasteiger partial charge in [-0.1, -0.05) is 20.8 Å². The summed E-state index contributed by atoms with van der Waals surface area (Å²) in [6.45, 7) is 7.47. The number of carbonyl (C=O) groups is 2. The van der Waals surface area contributed by atoms with Crippen LogP contribution in [0.3, 0.4) is 0 Å². The van der Waals surface area contributed by atoms with Crippen LogP contribution in [0, 0.1) is 11.3 Å². The van der Waals surface area contributed by atoms with Gasteiger partial charge in [-0.25, -0.2) is 0 Å². The van der Waals surface area contributed by atoms with E-state index in [4.69, 9.17) is 4.74 Å². The van der Waals surface area contributed by atoms with Gasteiger partial charge in [0.25, 0.3) is 0 Å². The van der Waals surface area contributed by atoms with Crippen LogP contribution in [-0.4, -0.2) is 23.5 Å². The molecule has 1 aromatic rings. The summed E-state index contributed by atoms with van der Waals surface area (Å²) in [5.74, 6) is -1.73. The maximum Gasteiger partial charge on any atom is 0.319 e. The number of pyridine rings is 1. The minimum atomic E-state index is -0.854. The molecule has 0 aliphatic carbocycles. The summed E-state index contributed by atoms with van der Waals surface area (Å²) in [4.78, 5) is 28.1. The molecule has 0 fully saturated rings. The zero-order valence-corrected chi connectivity index (χ0v) is 11.8. The summed E-state index contributed by atoms with van der Waals surface area (Å²) in [7, 11) is 0. The van der Waals surface area contributed by atoms with E-state index in [2.05, 4.69) is 10.3 Å². The molecule has 1 aromatic heterocycles. The van der Waals surface area contributed by atoms with Gasteiger partial charge in [0.05, 0.1) is 18.5 Å². The van der Waals surface area contributed by atoms with E-state index in [1.54, 1.807) is 25.3 Å². The Morgan fingerprint density at radius 3 is 2.58 bits per heavy atom. The van der Waals surface area contributed by atoms with E-state index < -0.39 is 17.3 Å². The lowest BCUT2D eigenvalue weighted by Gasteiger charge is -2.27. The smallest absolute Gasteiger partial charge is 0.319 e. The van der Waals surface area contributed by atoms with Crippen LogP contribution < -0.4 is 5.32 Å². The van der Waals surface area contributed by atoms with Crippen molar-refractivity contribution in [1.82, 2.24) is 4.98 Å². The summed E-state index contributed by atoms with van der Waals surface area (Å²) in [5.41, 5.74) is 0.0458. The SMILES string of the molecule is CCOC(=O)C(C(=O)Nc1cccnc1)C(C)(C)C. The van der Waals surface area contributed by atoms with Gasteiger partial charge in [0.2, 0.25) is 5.91 Å². The lowest BCUT2D eigenvalue weighted by molar-refractivity contribution is -0.155. The minimum Gasteiger partial charge on any atom is -0.465 e. The van der Waals surface area contributed by atoms with Crippen molar-refractivity contribution in [3.63, 3.8) is 0 Å². The van der Waals surface area contributed by atoms with E-state index in [0.717, 1.165) is 0 Å². The van der Waals surface area contributed by atoms with Crippen molar-refractivity contribution in [3.05, 3.63) is 24.5 Å². The van der Waals surface area contributed by atoms with E-state index in [1.807, 2.05) is 20.8 Å². The van der Waals surface area contributed by atoms with Crippen LogP contribution in [0.4, 0.5) is 5.69 Å². The highest BCUT2D eigenvalue weighted by Gasteiger charge is 2.38. The molecule has 0 saturated heterocycles. The molecule has 1 rings (SSSR count). The minimum absolute atomic E-state index is 0.256. The summed E-state index contributed by atoms with van der Waals surface area (Å²) in [6.07, 6.45) is 3.14. The predicted molar refractivity (Wildman–Crippen MR) is 72.4 cm³/mol. The second-order valence-electron chi connectivity index (χ2n) is 5.28. The van der Waals surface area contributed by atoms with Crippen LogP contribution >= 0.6 is 0 Å². The highest BCUT2D eigenvalue weighted by Crippen LogP contribution is 2.28. The first-order chi connectivity index (χ1) is 8.86. The molecule has 5 heteroatoms. The van der Waals surface area contributed by atoms with Gasteiger partial charge in [-0.05, 0) is 24.5 Å². The Balaban J connectivity index is 2.87. The number of rotatable bonds is 4. The third-order valence-electron chi connectivity index (χ3n) is 2.58. The number of nitrogens with zero attached hydrogens (tertiary/aromatic N) is 1. The van der Waals surface area contributed by atoms with E-state index >= 15 is 0 Å². The molecule has 0 aromatic carbocycles. The predicted octanol–water partition coefficient (Wildman–Crippen LogP) is 2.25. The first-order valence-electron chi connectivity index (χ1n) is 6.23. The standard InChI is InChI=1S/C14H20N2O3/c1-5-19-13(18)11(14(2,3)4)12(17)16-10-7-6-8-15-9-10/h6-9,11H,5H2,1-4H3,(H,16,17). The molecule has 1 atom stereocenters. The van der Waals surface area contributed by atoms with Crippen molar-refractivity contribution < 1.29 is 14.3 Å². The summed E-state index contributed by atoms with van der Waals surface area (Å²) >= 11 is 0. The number of anilines is 1. The topological polar surface area (TPSA) is 68.3 Å². The quantitative estimate of drug-likeness (QED) is 0.669. The maximum atomic E-state index is 12.2. The van der Waals surface area contributed by atoms with Crippen LogP contribution in [-0.2, 0) is 14.3 Å². The van der Waals surface area contributed by atoms with Crippen molar-refractivity contribution in [1.29, 1.82) is 0 Å². The normalized spacial score (nSPS) is 12.6. The molecule has 1 heterocycles. The lowest BCUT2D eigenvalue weighted by Crippen LogP contribution is -2.40. The van der Waals surface area contributed by atoms with Crippen LogP contribution in [0.1, 0.15) is 27.7 Å². The number of nitrogens with one attached hydrogen (secondary N) is 1. The number of amides is 1. The molecule has 0 radical (unpaired) electrons. The molecule has 1 amide bonds. The maximum absolute atomic E-state index is 12.2. The molecule has 5 nitrogen and oxygen atoms in total. The van der Waals surface area contributed by atoms with Gasteiger partial charge >= 0.3 is 5.97 Å². The third kappa shape index (κ3) is 4.35. The van der Waals surface area contributed by atoms with E-state index in [-0.39, 0.29) is 12.5 Å². The van der Waals surface area contributed by atoms with Crippen molar-refractivity contribution in [2.24, 2.45) is 11.3 Å². The van der Waals surface area contributed by atoms with Crippen LogP contribution in [0.5, 0.6) is 0 Å². The number of hydrogen-bond acceptors (Lipinski definition) is 4. The second-order valence-corrected chi connectivity index (χ2v) is 5.28. The van der Waals surface area contributed by atoms with Gasteiger partial charge in [-0.2, -0.15) is 0 Å². The molecule has 0 bridgehead atoms. The fourth-order valence-electron chi connectivity index (χ4n) is 1.73. The van der Waals surface area contributed by atoms with Crippen molar-refractivity contribution in [3.8, 4) is 0 Å². The van der Waals surface area contributed by atoms with Gasteiger partial charge in [0.1, 0.15) is 5.92 Å². The van der Waals surface area contributed by atoms with Crippen LogP contribution in [0.2, 0.25) is 0 Å². The molecule has 0 aliphatic heterocycles. The van der Waals surface area contributed by atoms with Crippen molar-refractivity contribution in [2.75, 3.05) is 11.9 Å². The van der Waals surface area contributed by atoms with Gasteiger partial charge in [0, 0.05) is 6.20 Å². The monoisotopic (exact) mass is 264 g/mol. The fraction of sp³-hybridized carbons (Fsp3) is 0.500. The summed E-state index contributed by atoms with van der Waals surface area (Å²) < 4.78 is 4.97. The first kappa shape index (κ1) is 15.1. The average Bonchev–Trinajstić information content (AvgIpc) is 2.28. The Kier molecular flexibility index (Phi) is 5.03. The highest BCUT2D eigenvalue weighted by atomic mass is 16.5. The highest BCUT2D eigenvalue weighted by molar-refractivity contribution is 6.05. The lowest BCUT2D eigenvalue weighted by atomic mass is 9.80. The number of hydrogen-bond donors (Lipinski definition) is 1. The van der Waals surface area contributed by atoms with Gasteiger partial charge in [-0.15, -0.1) is 0 Å². The third-order valence-corrected chi connectivity index (χ3v) is 2.58. The Morgan fingerprint density at radius 2 is 2.11 bits per heavy atom. The molecule has 1 N–H and O–H groups in total. The molecule has 0 aliphatic rings. The number of ether oxygens (including phenoxy) is 1. The zero-order valence-electron chi connectivity index (χ0n) is 11.8. The Labute approximate surface area is 113 Å². The Bertz CT molecular complexity index is 438. The number of esters is 1. The van der Waals surface area contributed by atoms with Gasteiger partial charge in [-0.3, -0.25) is 14.6 Å². The largest absolute Gasteiger partial charge is 0.465 e. The second kappa shape index (κ2) is 6.31. The fourth-order valence-corrected chi connectivity index (χ4v) is 1.73. The number of aromatic nitrogens is 1. The Hall–Kier alpha value is -1.91. The molecular weight excluding hydrogens is 244 g/mol. The average molecular weight is 264 g/mol. The van der Waals surface area contributed by atoms with Crippen molar-refractivity contribution in [2.45, 2.75) is 27.7 Å². The van der Waals surface area contributed by atoms with Gasteiger partial charge in [0.15, 0.2) is 0 Å². The molecule has 104 valence electrons. The van der Waals surface area contributed by atoms with Crippen LogP contribution in [0.25, 0.3) is 0 Å². The number of carbonyl (C=O) groups excluding carboxylic acids is 2. The first-order valence-corrected chi connectivity index (χ1v) is 6.23.